The zero-order valence-corrected chi connectivity index (χ0v) is 13.9. The lowest BCUT2D eigenvalue weighted by molar-refractivity contribution is -0.119. The van der Waals surface area contributed by atoms with Crippen LogP contribution in [0, 0.1) is 5.92 Å². The van der Waals surface area contributed by atoms with Crippen LogP contribution in [0.2, 0.25) is 0 Å². The minimum Gasteiger partial charge on any atom is -0.342 e. The van der Waals surface area contributed by atoms with Gasteiger partial charge in [0.05, 0.1) is 5.69 Å². The fourth-order valence-electron chi connectivity index (χ4n) is 1.91. The van der Waals surface area contributed by atoms with Gasteiger partial charge in [-0.1, -0.05) is 27.2 Å². The summed E-state index contributed by atoms with van der Waals surface area (Å²) < 4.78 is 37.4. The van der Waals surface area contributed by atoms with Crippen molar-refractivity contribution in [2.45, 2.75) is 46.3 Å². The van der Waals surface area contributed by atoms with Crippen LogP contribution >= 0.6 is 11.3 Å². The number of thiazole rings is 1. The van der Waals surface area contributed by atoms with E-state index in [0.717, 1.165) is 30.0 Å². The first-order chi connectivity index (χ1) is 9.73. The molecule has 1 N–H and O–H groups in total. The van der Waals surface area contributed by atoms with Gasteiger partial charge in [0.25, 0.3) is 0 Å². The second-order valence-electron chi connectivity index (χ2n) is 5.61. The minimum absolute atomic E-state index is 0.442. The summed E-state index contributed by atoms with van der Waals surface area (Å²) in [6.07, 6.45) is -2.47. The van der Waals surface area contributed by atoms with Crippen LogP contribution in [0.15, 0.2) is 0 Å². The van der Waals surface area contributed by atoms with E-state index in [1.165, 1.54) is 23.3 Å². The molecule has 1 aromatic rings. The number of alkyl halides is 3. The second kappa shape index (κ2) is 7.98. The third kappa shape index (κ3) is 6.65. The fourth-order valence-corrected chi connectivity index (χ4v) is 2.95. The van der Waals surface area contributed by atoms with Gasteiger partial charge in [0, 0.05) is 18.5 Å². The molecule has 0 aliphatic rings. The molecule has 1 aromatic heterocycles. The highest BCUT2D eigenvalue weighted by atomic mass is 32.1. The van der Waals surface area contributed by atoms with Crippen molar-refractivity contribution in [2.75, 3.05) is 25.0 Å². The van der Waals surface area contributed by atoms with Crippen LogP contribution < -0.4 is 10.2 Å². The number of halogens is 3. The Hall–Kier alpha value is -0.820. The molecule has 0 radical (unpaired) electrons. The van der Waals surface area contributed by atoms with Gasteiger partial charge in [-0.15, -0.1) is 11.3 Å². The standard InChI is InChI=1S/C14H24F3N3S/c1-5-6-11-12(8-18-7-10(2)3)21-13(19-11)20(4)9-14(15,16)17/h10,18H,5-9H2,1-4H3. The van der Waals surface area contributed by atoms with Crippen LogP contribution in [0.4, 0.5) is 18.3 Å². The van der Waals surface area contributed by atoms with Crippen LogP contribution in [0.3, 0.4) is 0 Å². The summed E-state index contributed by atoms with van der Waals surface area (Å²) in [6, 6.07) is 0. The Balaban J connectivity index is 2.77. The Bertz CT molecular complexity index is 430. The zero-order valence-electron chi connectivity index (χ0n) is 13.0. The van der Waals surface area contributed by atoms with E-state index in [4.69, 9.17) is 0 Å². The molecule has 1 rings (SSSR count). The molecular formula is C14H24F3N3S. The van der Waals surface area contributed by atoms with Gasteiger partial charge in [-0.25, -0.2) is 4.98 Å². The first kappa shape index (κ1) is 18.2. The lowest BCUT2D eigenvalue weighted by atomic mass is 10.2. The maximum atomic E-state index is 12.5. The molecule has 1 heterocycles. The van der Waals surface area contributed by atoms with Crippen molar-refractivity contribution < 1.29 is 13.2 Å². The van der Waals surface area contributed by atoms with Gasteiger partial charge in [-0.05, 0) is 18.9 Å². The van der Waals surface area contributed by atoms with Crippen LogP contribution in [0.25, 0.3) is 0 Å². The highest BCUT2D eigenvalue weighted by Gasteiger charge is 2.30. The number of nitrogens with zero attached hydrogens (tertiary/aromatic N) is 2. The molecule has 3 nitrogen and oxygen atoms in total. The number of hydrogen-bond acceptors (Lipinski definition) is 4. The Morgan fingerprint density at radius 2 is 2.00 bits per heavy atom. The summed E-state index contributed by atoms with van der Waals surface area (Å²) in [7, 11) is 1.44. The van der Waals surface area contributed by atoms with Crippen LogP contribution in [0.1, 0.15) is 37.8 Å². The van der Waals surface area contributed by atoms with Gasteiger partial charge in [-0.3, -0.25) is 0 Å². The molecule has 0 aliphatic carbocycles. The minimum atomic E-state index is -4.21. The maximum absolute atomic E-state index is 12.5. The van der Waals surface area contributed by atoms with E-state index in [-0.39, 0.29) is 0 Å². The average Bonchev–Trinajstić information content (AvgIpc) is 2.71. The van der Waals surface area contributed by atoms with Crippen molar-refractivity contribution in [1.29, 1.82) is 0 Å². The Morgan fingerprint density at radius 1 is 1.33 bits per heavy atom. The van der Waals surface area contributed by atoms with Gasteiger partial charge in [0.2, 0.25) is 0 Å². The van der Waals surface area contributed by atoms with Crippen LogP contribution in [0.5, 0.6) is 0 Å². The highest BCUT2D eigenvalue weighted by molar-refractivity contribution is 7.15. The van der Waals surface area contributed by atoms with E-state index in [2.05, 4.69) is 24.1 Å². The molecule has 0 bridgehead atoms. The number of rotatable bonds is 8. The molecule has 0 spiro atoms. The molecule has 0 amide bonds. The molecule has 122 valence electrons. The molecule has 0 aliphatic heterocycles. The third-order valence-corrected chi connectivity index (χ3v) is 4.05. The molecule has 0 fully saturated rings. The molecule has 21 heavy (non-hydrogen) atoms. The van der Waals surface area contributed by atoms with E-state index in [9.17, 15) is 13.2 Å². The second-order valence-corrected chi connectivity index (χ2v) is 6.67. The quantitative estimate of drug-likeness (QED) is 0.788. The Morgan fingerprint density at radius 3 is 2.52 bits per heavy atom. The van der Waals surface area contributed by atoms with E-state index in [1.807, 2.05) is 6.92 Å². The van der Waals surface area contributed by atoms with E-state index in [1.54, 1.807) is 0 Å². The van der Waals surface area contributed by atoms with Gasteiger partial charge < -0.3 is 10.2 Å². The highest BCUT2D eigenvalue weighted by Crippen LogP contribution is 2.28. The predicted molar refractivity (Wildman–Crippen MR) is 82.0 cm³/mol. The predicted octanol–water partition coefficient (Wildman–Crippen LogP) is 3.84. The lowest BCUT2D eigenvalue weighted by Gasteiger charge is -2.17. The molecule has 0 unspecified atom stereocenters. The Kier molecular flexibility index (Phi) is 6.93. The van der Waals surface area contributed by atoms with Crippen LogP contribution in [-0.4, -0.2) is 31.3 Å². The molecule has 7 heteroatoms. The summed E-state index contributed by atoms with van der Waals surface area (Å²) in [6.45, 7) is 6.88. The zero-order chi connectivity index (χ0) is 16.0. The van der Waals surface area contributed by atoms with Gasteiger partial charge in [0.15, 0.2) is 5.13 Å². The largest absolute Gasteiger partial charge is 0.405 e. The maximum Gasteiger partial charge on any atom is 0.405 e. The normalized spacial score (nSPS) is 12.2. The van der Waals surface area contributed by atoms with Crippen molar-refractivity contribution in [1.82, 2.24) is 10.3 Å². The lowest BCUT2D eigenvalue weighted by Crippen LogP contribution is -2.30. The van der Waals surface area contributed by atoms with Crippen molar-refractivity contribution in [3.8, 4) is 0 Å². The van der Waals surface area contributed by atoms with Gasteiger partial charge in [0.1, 0.15) is 6.54 Å². The molecular weight excluding hydrogens is 299 g/mol. The average molecular weight is 323 g/mol. The molecule has 0 aromatic carbocycles. The number of nitrogens with one attached hydrogen (secondary N) is 1. The summed E-state index contributed by atoms with van der Waals surface area (Å²) in [5, 5.41) is 3.77. The SMILES string of the molecule is CCCc1nc(N(C)CC(F)(F)F)sc1CNCC(C)C. The summed E-state index contributed by atoms with van der Waals surface area (Å²) >= 11 is 1.35. The smallest absolute Gasteiger partial charge is 0.342 e. The first-order valence-corrected chi connectivity index (χ1v) is 8.01. The van der Waals surface area contributed by atoms with E-state index >= 15 is 0 Å². The Labute approximate surface area is 128 Å². The first-order valence-electron chi connectivity index (χ1n) is 7.20. The van der Waals surface area contributed by atoms with Crippen molar-refractivity contribution >= 4 is 16.5 Å². The van der Waals surface area contributed by atoms with Crippen molar-refractivity contribution in [2.24, 2.45) is 5.92 Å². The number of aromatic nitrogens is 1. The van der Waals surface area contributed by atoms with Crippen molar-refractivity contribution in [3.05, 3.63) is 10.6 Å². The summed E-state index contributed by atoms with van der Waals surface area (Å²) in [5.41, 5.74) is 0.919. The number of anilines is 1. The molecule has 0 atom stereocenters. The number of aryl methyl sites for hydroxylation is 1. The van der Waals surface area contributed by atoms with E-state index in [0.29, 0.717) is 17.6 Å². The van der Waals surface area contributed by atoms with E-state index < -0.39 is 12.7 Å². The number of hydrogen-bond donors (Lipinski definition) is 1. The van der Waals surface area contributed by atoms with Crippen molar-refractivity contribution in [3.63, 3.8) is 0 Å². The molecule has 0 saturated carbocycles. The van der Waals surface area contributed by atoms with Gasteiger partial charge in [-0.2, -0.15) is 13.2 Å². The molecule has 0 saturated heterocycles. The third-order valence-electron chi connectivity index (χ3n) is 2.83. The fraction of sp³-hybridized carbons (Fsp3) is 0.786. The monoisotopic (exact) mass is 323 g/mol. The van der Waals surface area contributed by atoms with Gasteiger partial charge >= 0.3 is 6.18 Å². The summed E-state index contributed by atoms with van der Waals surface area (Å²) in [5.74, 6) is 0.542. The van der Waals surface area contributed by atoms with Crippen LogP contribution in [-0.2, 0) is 13.0 Å². The summed E-state index contributed by atoms with van der Waals surface area (Å²) in [4.78, 5) is 6.61. The topological polar surface area (TPSA) is 28.2 Å².